The molecule has 2 rings (SSSR count). The molecule has 0 bridgehead atoms. The van der Waals surface area contributed by atoms with Crippen LogP contribution in [-0.2, 0) is 18.2 Å². The predicted octanol–water partition coefficient (Wildman–Crippen LogP) is 4.33. The number of hydrogen-bond acceptors (Lipinski definition) is 7. The van der Waals surface area contributed by atoms with Crippen LogP contribution in [0.15, 0.2) is 34.8 Å². The Bertz CT molecular complexity index is 756. The predicted molar refractivity (Wildman–Crippen MR) is 85.9 cm³/mol. The molecule has 0 saturated carbocycles. The number of oxime groups is 1. The summed E-state index contributed by atoms with van der Waals surface area (Å²) in [4.78, 5) is 0. The quantitative estimate of drug-likeness (QED) is 0.426. The number of benzene rings is 1. The lowest BCUT2D eigenvalue weighted by molar-refractivity contribution is 0.125. The molecule has 0 aliphatic heterocycles. The molecule has 116 valence electrons. The monoisotopic (exact) mass is 338 g/mol. The Balaban J connectivity index is 2.32. The molecule has 0 atom stereocenters. The molecule has 8 heteroatoms. The van der Waals surface area contributed by atoms with Gasteiger partial charge >= 0.3 is 7.82 Å². The molecule has 0 aliphatic carbocycles. The van der Waals surface area contributed by atoms with Gasteiger partial charge in [-0.1, -0.05) is 23.4 Å². The number of nitrogens with zero attached hydrogens (tertiary/aromatic N) is 2. The molecule has 0 radical (unpaired) electrons. The summed E-state index contributed by atoms with van der Waals surface area (Å²) in [7, 11) is -3.78. The van der Waals surface area contributed by atoms with Crippen molar-refractivity contribution < 1.29 is 18.2 Å². The lowest BCUT2D eigenvalue weighted by Gasteiger charge is -2.12. The minimum atomic E-state index is -3.78. The number of rotatable bonds is 7. The minimum Gasteiger partial charge on any atom is -0.291 e. The van der Waals surface area contributed by atoms with Crippen LogP contribution in [0.25, 0.3) is 10.1 Å². The number of nitriles is 1. The molecular weight excluding hydrogens is 323 g/mol. The van der Waals surface area contributed by atoms with E-state index in [4.69, 9.17) is 13.7 Å². The van der Waals surface area contributed by atoms with Crippen LogP contribution in [-0.4, -0.2) is 18.9 Å². The van der Waals surface area contributed by atoms with Crippen LogP contribution in [0.3, 0.4) is 0 Å². The second kappa shape index (κ2) is 7.52. The summed E-state index contributed by atoms with van der Waals surface area (Å²) in [6.45, 7) is 3.62. The highest BCUT2D eigenvalue weighted by atomic mass is 32.1. The standard InChI is InChI=1S/C14H15N2O4PS/c1-3-18-21(17,19-4-2)20-16-13(9-15)12-10-22-14-8-6-5-7-11(12)14/h5-8,10H,3-4H2,1-2H3/b16-13+. The first-order valence-electron chi connectivity index (χ1n) is 6.66. The average Bonchev–Trinajstić information content (AvgIpc) is 2.93. The maximum Gasteiger partial charge on any atom is 0.550 e. The summed E-state index contributed by atoms with van der Waals surface area (Å²) in [6.07, 6.45) is 0. The fourth-order valence-electron chi connectivity index (χ4n) is 1.78. The highest BCUT2D eigenvalue weighted by molar-refractivity contribution is 7.48. The first-order chi connectivity index (χ1) is 10.6. The van der Waals surface area contributed by atoms with Gasteiger partial charge in [0.25, 0.3) is 0 Å². The van der Waals surface area contributed by atoms with E-state index in [1.165, 1.54) is 11.3 Å². The molecular formula is C14H15N2O4PS. The van der Waals surface area contributed by atoms with E-state index < -0.39 is 7.82 Å². The molecule has 1 aromatic carbocycles. The van der Waals surface area contributed by atoms with Gasteiger partial charge in [-0.2, -0.15) is 5.26 Å². The second-order valence-electron chi connectivity index (χ2n) is 4.06. The fraction of sp³-hybridized carbons (Fsp3) is 0.286. The van der Waals surface area contributed by atoms with Crippen molar-refractivity contribution in [2.45, 2.75) is 13.8 Å². The lowest BCUT2D eigenvalue weighted by Crippen LogP contribution is -2.01. The number of fused-ring (bicyclic) bond motifs is 1. The van der Waals surface area contributed by atoms with Crippen molar-refractivity contribution >= 4 is 35.0 Å². The Morgan fingerprint density at radius 3 is 2.64 bits per heavy atom. The first-order valence-corrected chi connectivity index (χ1v) is 9.00. The number of thiophene rings is 1. The molecule has 0 aliphatic rings. The van der Waals surface area contributed by atoms with Crippen LogP contribution in [0, 0.1) is 11.3 Å². The maximum absolute atomic E-state index is 12.2. The molecule has 6 nitrogen and oxygen atoms in total. The highest BCUT2D eigenvalue weighted by Crippen LogP contribution is 2.49. The van der Waals surface area contributed by atoms with E-state index in [0.717, 1.165) is 10.1 Å². The zero-order valence-electron chi connectivity index (χ0n) is 12.2. The van der Waals surface area contributed by atoms with Gasteiger partial charge in [-0.3, -0.25) is 13.7 Å². The topological polar surface area (TPSA) is 80.9 Å². The zero-order valence-corrected chi connectivity index (χ0v) is 13.9. The molecule has 0 saturated heterocycles. The van der Waals surface area contributed by atoms with E-state index in [-0.39, 0.29) is 18.9 Å². The van der Waals surface area contributed by atoms with Gasteiger partial charge in [-0.25, -0.2) is 4.57 Å². The third-order valence-electron chi connectivity index (χ3n) is 2.65. The third-order valence-corrected chi connectivity index (χ3v) is 5.04. The summed E-state index contributed by atoms with van der Waals surface area (Å²) in [5.41, 5.74) is 0.653. The molecule has 0 N–H and O–H groups in total. The maximum atomic E-state index is 12.2. The van der Waals surface area contributed by atoms with Gasteiger partial charge in [0.2, 0.25) is 0 Å². The largest absolute Gasteiger partial charge is 0.550 e. The van der Waals surface area contributed by atoms with Crippen molar-refractivity contribution in [2.24, 2.45) is 5.16 Å². The van der Waals surface area contributed by atoms with Crippen molar-refractivity contribution in [3.05, 3.63) is 35.2 Å². The van der Waals surface area contributed by atoms with E-state index in [1.807, 2.05) is 35.7 Å². The Morgan fingerprint density at radius 2 is 2.00 bits per heavy atom. The Hall–Kier alpha value is -1.71. The fourth-order valence-corrected chi connectivity index (χ4v) is 3.71. The molecule has 0 unspecified atom stereocenters. The Morgan fingerprint density at radius 1 is 1.32 bits per heavy atom. The average molecular weight is 338 g/mol. The highest BCUT2D eigenvalue weighted by Gasteiger charge is 2.27. The van der Waals surface area contributed by atoms with Gasteiger partial charge in [0.15, 0.2) is 5.71 Å². The van der Waals surface area contributed by atoms with Crippen LogP contribution in [0.1, 0.15) is 19.4 Å². The summed E-state index contributed by atoms with van der Waals surface area (Å²) in [5, 5.41) is 15.7. The van der Waals surface area contributed by atoms with Crippen LogP contribution >= 0.6 is 19.2 Å². The lowest BCUT2D eigenvalue weighted by atomic mass is 10.1. The number of phosphoric acid groups is 1. The molecule has 2 aromatic rings. The second-order valence-corrected chi connectivity index (χ2v) is 6.55. The summed E-state index contributed by atoms with van der Waals surface area (Å²) in [5.74, 6) is 0. The van der Waals surface area contributed by atoms with Crippen molar-refractivity contribution in [1.29, 1.82) is 5.26 Å². The van der Waals surface area contributed by atoms with E-state index in [9.17, 15) is 9.83 Å². The summed E-state index contributed by atoms with van der Waals surface area (Å²) >= 11 is 1.49. The number of phosphoric ester groups is 1. The van der Waals surface area contributed by atoms with Gasteiger partial charge in [0.05, 0.1) is 13.2 Å². The number of hydrogen-bond donors (Lipinski definition) is 0. The van der Waals surface area contributed by atoms with Crippen molar-refractivity contribution in [3.8, 4) is 6.07 Å². The van der Waals surface area contributed by atoms with Crippen molar-refractivity contribution in [1.82, 2.24) is 0 Å². The molecule has 1 heterocycles. The zero-order chi connectivity index (χ0) is 16.0. The molecule has 22 heavy (non-hydrogen) atoms. The minimum absolute atomic E-state index is 0.0251. The molecule has 0 fully saturated rings. The van der Waals surface area contributed by atoms with E-state index >= 15 is 0 Å². The van der Waals surface area contributed by atoms with E-state index in [0.29, 0.717) is 5.56 Å². The van der Waals surface area contributed by atoms with Crippen LogP contribution in [0.5, 0.6) is 0 Å². The first kappa shape index (κ1) is 16.7. The summed E-state index contributed by atoms with van der Waals surface area (Å²) < 4.78 is 28.1. The van der Waals surface area contributed by atoms with E-state index in [1.54, 1.807) is 13.8 Å². The molecule has 1 aromatic heterocycles. The van der Waals surface area contributed by atoms with Crippen molar-refractivity contribution in [3.63, 3.8) is 0 Å². The molecule has 0 amide bonds. The Labute approximate surface area is 132 Å². The SMILES string of the molecule is CCOP(=O)(OCC)O/N=C(\C#N)c1csc2ccccc12. The van der Waals surface area contributed by atoms with Crippen LogP contribution in [0.2, 0.25) is 0 Å². The van der Waals surface area contributed by atoms with Crippen LogP contribution in [0.4, 0.5) is 0 Å². The van der Waals surface area contributed by atoms with Gasteiger partial charge in [-0.15, -0.1) is 11.3 Å². The molecule has 0 spiro atoms. The summed E-state index contributed by atoms with van der Waals surface area (Å²) in [6, 6.07) is 9.58. The van der Waals surface area contributed by atoms with Gasteiger partial charge < -0.3 is 0 Å². The van der Waals surface area contributed by atoms with Crippen LogP contribution < -0.4 is 0 Å². The van der Waals surface area contributed by atoms with Crippen molar-refractivity contribution in [2.75, 3.05) is 13.2 Å². The normalized spacial score (nSPS) is 12.3. The van der Waals surface area contributed by atoms with Gasteiger partial charge in [0.1, 0.15) is 6.07 Å². The van der Waals surface area contributed by atoms with Gasteiger partial charge in [-0.05, 0) is 19.9 Å². The van der Waals surface area contributed by atoms with E-state index in [2.05, 4.69) is 5.16 Å². The van der Waals surface area contributed by atoms with Gasteiger partial charge in [0, 0.05) is 21.0 Å². The smallest absolute Gasteiger partial charge is 0.291 e. The third kappa shape index (κ3) is 3.73. The Kier molecular flexibility index (Phi) is 5.69.